The first-order valence-corrected chi connectivity index (χ1v) is 8.10. The molecule has 0 saturated heterocycles. The SMILES string of the molecule is CC(N)(C(=O)NC(CCS(C)(=O)=O)C(=O)O)C1CC1. The van der Waals surface area contributed by atoms with Gasteiger partial charge in [-0.2, -0.15) is 0 Å². The van der Waals surface area contributed by atoms with Crippen molar-refractivity contribution in [2.75, 3.05) is 12.0 Å². The van der Waals surface area contributed by atoms with E-state index in [-0.39, 0.29) is 18.1 Å². The Hall–Kier alpha value is -1.15. The summed E-state index contributed by atoms with van der Waals surface area (Å²) in [4.78, 5) is 23.0. The molecular weight excluding hydrogens is 272 g/mol. The summed E-state index contributed by atoms with van der Waals surface area (Å²) < 4.78 is 22.1. The topological polar surface area (TPSA) is 127 Å². The largest absolute Gasteiger partial charge is 0.480 e. The molecule has 1 aliphatic rings. The maximum absolute atomic E-state index is 11.9. The molecule has 110 valence electrons. The highest BCUT2D eigenvalue weighted by molar-refractivity contribution is 7.90. The van der Waals surface area contributed by atoms with Crippen LogP contribution in [0.3, 0.4) is 0 Å². The van der Waals surface area contributed by atoms with Crippen molar-refractivity contribution >= 4 is 21.7 Å². The van der Waals surface area contributed by atoms with Gasteiger partial charge in [0.05, 0.1) is 11.3 Å². The van der Waals surface area contributed by atoms with Gasteiger partial charge in [0.1, 0.15) is 15.9 Å². The van der Waals surface area contributed by atoms with Crippen molar-refractivity contribution in [3.8, 4) is 0 Å². The third-order valence-electron chi connectivity index (χ3n) is 3.30. The molecule has 7 nitrogen and oxygen atoms in total. The molecule has 0 bridgehead atoms. The molecule has 0 radical (unpaired) electrons. The van der Waals surface area contributed by atoms with Crippen LogP contribution in [0.2, 0.25) is 0 Å². The van der Waals surface area contributed by atoms with Crippen LogP contribution in [-0.4, -0.2) is 49.0 Å². The van der Waals surface area contributed by atoms with Crippen LogP contribution in [0, 0.1) is 5.92 Å². The number of nitrogens with two attached hydrogens (primary N) is 1. The fourth-order valence-corrected chi connectivity index (χ4v) is 2.44. The average molecular weight is 292 g/mol. The van der Waals surface area contributed by atoms with E-state index in [1.54, 1.807) is 6.92 Å². The summed E-state index contributed by atoms with van der Waals surface area (Å²) in [5, 5.41) is 11.3. The summed E-state index contributed by atoms with van der Waals surface area (Å²) in [6.45, 7) is 1.56. The summed E-state index contributed by atoms with van der Waals surface area (Å²) in [5.41, 5.74) is 4.77. The highest BCUT2D eigenvalue weighted by Gasteiger charge is 2.44. The van der Waals surface area contributed by atoms with Crippen LogP contribution in [-0.2, 0) is 19.4 Å². The quantitative estimate of drug-likeness (QED) is 0.559. The highest BCUT2D eigenvalue weighted by atomic mass is 32.2. The third kappa shape index (κ3) is 4.79. The fourth-order valence-electron chi connectivity index (χ4n) is 1.77. The van der Waals surface area contributed by atoms with Gasteiger partial charge in [-0.05, 0) is 32.1 Å². The van der Waals surface area contributed by atoms with Gasteiger partial charge in [-0.1, -0.05) is 0 Å². The molecule has 1 fully saturated rings. The predicted octanol–water partition coefficient (Wildman–Crippen LogP) is -0.882. The second kappa shape index (κ2) is 5.46. The smallest absolute Gasteiger partial charge is 0.326 e. The number of nitrogens with one attached hydrogen (secondary N) is 1. The van der Waals surface area contributed by atoms with E-state index in [0.29, 0.717) is 0 Å². The van der Waals surface area contributed by atoms with Crippen LogP contribution < -0.4 is 11.1 Å². The molecule has 0 heterocycles. The van der Waals surface area contributed by atoms with Gasteiger partial charge in [0.2, 0.25) is 5.91 Å². The number of sulfone groups is 1. The minimum absolute atomic E-state index is 0.0665. The molecule has 2 atom stereocenters. The van der Waals surface area contributed by atoms with Gasteiger partial charge < -0.3 is 16.2 Å². The van der Waals surface area contributed by atoms with Gasteiger partial charge in [0, 0.05) is 6.26 Å². The van der Waals surface area contributed by atoms with Crippen molar-refractivity contribution in [1.29, 1.82) is 0 Å². The number of carbonyl (C=O) groups excluding carboxylic acids is 1. The number of hydrogen-bond acceptors (Lipinski definition) is 5. The Morgan fingerprint density at radius 2 is 2.00 bits per heavy atom. The Kier molecular flexibility index (Phi) is 4.57. The first-order valence-electron chi connectivity index (χ1n) is 6.04. The number of rotatable bonds is 7. The van der Waals surface area contributed by atoms with Crippen LogP contribution in [0.1, 0.15) is 26.2 Å². The van der Waals surface area contributed by atoms with Gasteiger partial charge in [0.25, 0.3) is 0 Å². The number of carboxylic acids is 1. The van der Waals surface area contributed by atoms with Crippen molar-refractivity contribution in [3.63, 3.8) is 0 Å². The normalized spacial score (nSPS) is 20.4. The van der Waals surface area contributed by atoms with Crippen molar-refractivity contribution in [2.45, 2.75) is 37.8 Å². The van der Waals surface area contributed by atoms with Crippen molar-refractivity contribution < 1.29 is 23.1 Å². The number of carbonyl (C=O) groups is 2. The summed E-state index contributed by atoms with van der Waals surface area (Å²) in [5.74, 6) is -2.04. The molecular formula is C11H20N2O5S. The highest BCUT2D eigenvalue weighted by Crippen LogP contribution is 2.38. The summed E-state index contributed by atoms with van der Waals surface area (Å²) in [7, 11) is -3.27. The molecule has 0 aromatic carbocycles. The van der Waals surface area contributed by atoms with Crippen LogP contribution in [0.4, 0.5) is 0 Å². The van der Waals surface area contributed by atoms with Crippen LogP contribution in [0.25, 0.3) is 0 Å². The second-order valence-electron chi connectivity index (χ2n) is 5.34. The fraction of sp³-hybridized carbons (Fsp3) is 0.818. The zero-order chi connectivity index (χ0) is 14.8. The van der Waals surface area contributed by atoms with Crippen LogP contribution in [0.15, 0.2) is 0 Å². The third-order valence-corrected chi connectivity index (χ3v) is 4.27. The van der Waals surface area contributed by atoms with Gasteiger partial charge in [-0.25, -0.2) is 13.2 Å². The van der Waals surface area contributed by atoms with E-state index in [1.165, 1.54) is 0 Å². The van der Waals surface area contributed by atoms with E-state index in [0.717, 1.165) is 19.1 Å². The Bertz CT molecular complexity index is 467. The predicted molar refractivity (Wildman–Crippen MR) is 69.2 cm³/mol. The Labute approximate surface area is 112 Å². The summed E-state index contributed by atoms with van der Waals surface area (Å²) in [6, 6.07) is -1.23. The van der Waals surface area contributed by atoms with Gasteiger partial charge in [-0.15, -0.1) is 0 Å². The first-order chi connectivity index (χ1) is 8.54. The molecule has 1 rings (SSSR count). The lowest BCUT2D eigenvalue weighted by atomic mass is 9.95. The zero-order valence-electron chi connectivity index (χ0n) is 11.0. The molecule has 19 heavy (non-hydrogen) atoms. The lowest BCUT2D eigenvalue weighted by Crippen LogP contribution is -2.57. The maximum atomic E-state index is 11.9. The lowest BCUT2D eigenvalue weighted by Gasteiger charge is -2.25. The number of hydrogen-bond donors (Lipinski definition) is 3. The van der Waals surface area contributed by atoms with E-state index >= 15 is 0 Å². The van der Waals surface area contributed by atoms with Crippen LogP contribution in [0.5, 0.6) is 0 Å². The molecule has 1 amide bonds. The van der Waals surface area contributed by atoms with Crippen molar-refractivity contribution in [1.82, 2.24) is 5.32 Å². The molecule has 0 aliphatic heterocycles. The number of amides is 1. The van der Waals surface area contributed by atoms with Gasteiger partial charge >= 0.3 is 5.97 Å². The molecule has 0 spiro atoms. The van der Waals surface area contributed by atoms with Crippen molar-refractivity contribution in [2.24, 2.45) is 11.7 Å². The van der Waals surface area contributed by atoms with Gasteiger partial charge in [-0.3, -0.25) is 4.79 Å². The van der Waals surface area contributed by atoms with E-state index in [4.69, 9.17) is 10.8 Å². The molecule has 0 aromatic heterocycles. The van der Waals surface area contributed by atoms with E-state index < -0.39 is 33.3 Å². The minimum Gasteiger partial charge on any atom is -0.480 e. The standard InChI is InChI=1S/C11H20N2O5S/c1-11(12,7-3-4-7)10(16)13-8(9(14)15)5-6-19(2,17)18/h7-8H,3-6,12H2,1-2H3,(H,13,16)(H,14,15). The van der Waals surface area contributed by atoms with Crippen molar-refractivity contribution in [3.05, 3.63) is 0 Å². The average Bonchev–Trinajstić information content (AvgIpc) is 3.05. The summed E-state index contributed by atoms with van der Waals surface area (Å²) >= 11 is 0. The van der Waals surface area contributed by atoms with E-state index in [2.05, 4.69) is 5.32 Å². The monoisotopic (exact) mass is 292 g/mol. The zero-order valence-corrected chi connectivity index (χ0v) is 11.9. The molecule has 4 N–H and O–H groups in total. The molecule has 0 aromatic rings. The Morgan fingerprint density at radius 3 is 2.37 bits per heavy atom. The van der Waals surface area contributed by atoms with E-state index in [9.17, 15) is 18.0 Å². The lowest BCUT2D eigenvalue weighted by molar-refractivity contribution is -0.142. The first kappa shape index (κ1) is 15.9. The molecule has 1 saturated carbocycles. The Balaban J connectivity index is 2.63. The number of aliphatic carboxylic acids is 1. The maximum Gasteiger partial charge on any atom is 0.326 e. The molecule has 2 unspecified atom stereocenters. The second-order valence-corrected chi connectivity index (χ2v) is 7.60. The van der Waals surface area contributed by atoms with Crippen LogP contribution >= 0.6 is 0 Å². The summed E-state index contributed by atoms with van der Waals surface area (Å²) in [6.07, 6.45) is 2.55. The van der Waals surface area contributed by atoms with E-state index in [1.807, 2.05) is 0 Å². The molecule has 8 heteroatoms. The van der Waals surface area contributed by atoms with Gasteiger partial charge in [0.15, 0.2) is 0 Å². The Morgan fingerprint density at radius 1 is 1.47 bits per heavy atom. The molecule has 1 aliphatic carbocycles. The minimum atomic E-state index is -3.27. The number of carboxylic acid groups (broad SMARTS) is 1.